The standard InChI is InChI=1S/C16H23N3OS/c1-12-15(21-16(18-12)19(2)3)11-17-10-14(20)9-13-7-5-4-6-8-13/h4-8,14,17,20H,9-11H2,1-3H3. The number of hydrogen-bond donors (Lipinski definition) is 2. The molecule has 114 valence electrons. The number of nitrogens with one attached hydrogen (secondary N) is 1. The van der Waals surface area contributed by atoms with Gasteiger partial charge in [-0.05, 0) is 18.9 Å². The summed E-state index contributed by atoms with van der Waals surface area (Å²) >= 11 is 1.69. The van der Waals surface area contributed by atoms with Crippen molar-refractivity contribution in [2.45, 2.75) is 26.0 Å². The fourth-order valence-electron chi connectivity index (χ4n) is 2.08. The van der Waals surface area contributed by atoms with Gasteiger partial charge in [-0.3, -0.25) is 0 Å². The average Bonchev–Trinajstić information content (AvgIpc) is 2.82. The van der Waals surface area contributed by atoms with Crippen molar-refractivity contribution < 1.29 is 5.11 Å². The Balaban J connectivity index is 1.79. The first-order chi connectivity index (χ1) is 10.1. The van der Waals surface area contributed by atoms with Crippen LogP contribution in [0.15, 0.2) is 30.3 Å². The molecule has 21 heavy (non-hydrogen) atoms. The molecule has 0 spiro atoms. The van der Waals surface area contributed by atoms with Gasteiger partial charge in [-0.2, -0.15) is 0 Å². The molecule has 2 N–H and O–H groups in total. The van der Waals surface area contributed by atoms with Crippen molar-refractivity contribution in [1.29, 1.82) is 0 Å². The topological polar surface area (TPSA) is 48.4 Å². The molecule has 0 radical (unpaired) electrons. The molecule has 0 saturated carbocycles. The minimum absolute atomic E-state index is 0.367. The van der Waals surface area contributed by atoms with Crippen molar-refractivity contribution in [2.24, 2.45) is 0 Å². The Morgan fingerprint density at radius 2 is 2.00 bits per heavy atom. The summed E-state index contributed by atoms with van der Waals surface area (Å²) in [6, 6.07) is 10.1. The molecule has 0 aliphatic rings. The summed E-state index contributed by atoms with van der Waals surface area (Å²) in [7, 11) is 4.00. The van der Waals surface area contributed by atoms with Gasteiger partial charge in [0.2, 0.25) is 0 Å². The molecule has 5 heteroatoms. The zero-order chi connectivity index (χ0) is 15.2. The van der Waals surface area contributed by atoms with Gasteiger partial charge in [0.1, 0.15) is 0 Å². The Labute approximate surface area is 130 Å². The smallest absolute Gasteiger partial charge is 0.185 e. The largest absolute Gasteiger partial charge is 0.391 e. The van der Waals surface area contributed by atoms with Gasteiger partial charge in [-0.25, -0.2) is 4.98 Å². The lowest BCUT2D eigenvalue weighted by Gasteiger charge is -2.11. The third-order valence-corrected chi connectivity index (χ3v) is 4.57. The summed E-state index contributed by atoms with van der Waals surface area (Å²) in [5, 5.41) is 14.4. The molecule has 0 aliphatic heterocycles. The SMILES string of the molecule is Cc1nc(N(C)C)sc1CNCC(O)Cc1ccccc1. The van der Waals surface area contributed by atoms with E-state index in [0.717, 1.165) is 22.9 Å². The Bertz CT molecular complexity index is 554. The first kappa shape index (κ1) is 15.9. The first-order valence-electron chi connectivity index (χ1n) is 7.12. The molecule has 1 unspecified atom stereocenters. The zero-order valence-corrected chi connectivity index (χ0v) is 13.7. The van der Waals surface area contributed by atoms with Crippen molar-refractivity contribution in [3.63, 3.8) is 0 Å². The number of aliphatic hydroxyl groups excluding tert-OH is 1. The lowest BCUT2D eigenvalue weighted by Crippen LogP contribution is -2.28. The van der Waals surface area contributed by atoms with Crippen LogP contribution in [0.3, 0.4) is 0 Å². The minimum Gasteiger partial charge on any atom is -0.391 e. The van der Waals surface area contributed by atoms with Crippen molar-refractivity contribution in [3.8, 4) is 0 Å². The normalized spacial score (nSPS) is 12.4. The first-order valence-corrected chi connectivity index (χ1v) is 7.94. The number of aliphatic hydroxyl groups is 1. The molecule has 1 aromatic heterocycles. The van der Waals surface area contributed by atoms with Crippen LogP contribution in [0.2, 0.25) is 0 Å². The van der Waals surface area contributed by atoms with Crippen LogP contribution in [0.25, 0.3) is 0 Å². The second-order valence-electron chi connectivity index (χ2n) is 5.37. The molecule has 0 aliphatic carbocycles. The van der Waals surface area contributed by atoms with Crippen LogP contribution in [0.5, 0.6) is 0 Å². The number of nitrogens with zero attached hydrogens (tertiary/aromatic N) is 2. The van der Waals surface area contributed by atoms with E-state index in [1.165, 1.54) is 4.88 Å². The third-order valence-electron chi connectivity index (χ3n) is 3.24. The van der Waals surface area contributed by atoms with Gasteiger partial charge in [0.15, 0.2) is 5.13 Å². The summed E-state index contributed by atoms with van der Waals surface area (Å²) in [6.45, 7) is 3.37. The predicted molar refractivity (Wildman–Crippen MR) is 89.0 cm³/mol. The Morgan fingerprint density at radius 1 is 1.29 bits per heavy atom. The molecular formula is C16H23N3OS. The molecule has 2 aromatic rings. The van der Waals surface area contributed by atoms with E-state index in [9.17, 15) is 5.11 Å². The lowest BCUT2D eigenvalue weighted by molar-refractivity contribution is 0.171. The van der Waals surface area contributed by atoms with Gasteiger partial charge in [0.05, 0.1) is 11.8 Å². The molecule has 1 aromatic carbocycles. The van der Waals surface area contributed by atoms with Crippen LogP contribution in [0.1, 0.15) is 16.1 Å². The molecule has 0 amide bonds. The van der Waals surface area contributed by atoms with Crippen LogP contribution >= 0.6 is 11.3 Å². The quantitative estimate of drug-likeness (QED) is 0.823. The maximum atomic E-state index is 10.1. The molecule has 0 bridgehead atoms. The van der Waals surface area contributed by atoms with E-state index in [1.807, 2.05) is 56.3 Å². The number of benzene rings is 1. The van der Waals surface area contributed by atoms with Gasteiger partial charge in [-0.15, -0.1) is 11.3 Å². The highest BCUT2D eigenvalue weighted by Gasteiger charge is 2.10. The summed E-state index contributed by atoms with van der Waals surface area (Å²) in [5.41, 5.74) is 2.23. The third kappa shape index (κ3) is 4.81. The van der Waals surface area contributed by atoms with Crippen LogP contribution in [-0.4, -0.2) is 36.8 Å². The lowest BCUT2D eigenvalue weighted by atomic mass is 10.1. The highest BCUT2D eigenvalue weighted by atomic mass is 32.1. The van der Waals surface area contributed by atoms with Crippen LogP contribution in [-0.2, 0) is 13.0 Å². The number of aromatic nitrogens is 1. The Kier molecular flexibility index (Phi) is 5.73. The van der Waals surface area contributed by atoms with Crippen molar-refractivity contribution in [1.82, 2.24) is 10.3 Å². The van der Waals surface area contributed by atoms with E-state index in [1.54, 1.807) is 11.3 Å². The molecule has 1 heterocycles. The van der Waals surface area contributed by atoms with E-state index in [2.05, 4.69) is 10.3 Å². The molecule has 2 rings (SSSR count). The monoisotopic (exact) mass is 305 g/mol. The molecule has 0 fully saturated rings. The van der Waals surface area contributed by atoms with E-state index in [-0.39, 0.29) is 6.10 Å². The zero-order valence-electron chi connectivity index (χ0n) is 12.8. The van der Waals surface area contributed by atoms with Crippen molar-refractivity contribution in [2.75, 3.05) is 25.5 Å². The summed E-state index contributed by atoms with van der Waals surface area (Å²) in [4.78, 5) is 7.76. The van der Waals surface area contributed by atoms with Gasteiger partial charge in [0, 0.05) is 32.1 Å². The number of thiazole rings is 1. The fourth-order valence-corrected chi connectivity index (χ4v) is 3.03. The molecule has 0 saturated heterocycles. The van der Waals surface area contributed by atoms with Crippen molar-refractivity contribution in [3.05, 3.63) is 46.5 Å². The predicted octanol–water partition coefficient (Wildman–Crippen LogP) is 2.21. The molecule has 4 nitrogen and oxygen atoms in total. The molecular weight excluding hydrogens is 282 g/mol. The second-order valence-corrected chi connectivity index (χ2v) is 6.44. The second kappa shape index (κ2) is 7.54. The summed E-state index contributed by atoms with van der Waals surface area (Å²) in [5.74, 6) is 0. The van der Waals surface area contributed by atoms with E-state index >= 15 is 0 Å². The number of rotatable bonds is 7. The van der Waals surface area contributed by atoms with Crippen molar-refractivity contribution >= 4 is 16.5 Å². The van der Waals surface area contributed by atoms with E-state index < -0.39 is 0 Å². The van der Waals surface area contributed by atoms with Crippen LogP contribution in [0, 0.1) is 6.92 Å². The Morgan fingerprint density at radius 3 is 2.62 bits per heavy atom. The molecule has 1 atom stereocenters. The number of anilines is 1. The average molecular weight is 305 g/mol. The number of hydrogen-bond acceptors (Lipinski definition) is 5. The van der Waals surface area contributed by atoms with Crippen LogP contribution in [0.4, 0.5) is 5.13 Å². The number of aryl methyl sites for hydroxylation is 1. The van der Waals surface area contributed by atoms with E-state index in [0.29, 0.717) is 13.0 Å². The highest BCUT2D eigenvalue weighted by molar-refractivity contribution is 7.15. The van der Waals surface area contributed by atoms with Gasteiger partial charge in [-0.1, -0.05) is 30.3 Å². The van der Waals surface area contributed by atoms with Gasteiger partial charge in [0.25, 0.3) is 0 Å². The maximum Gasteiger partial charge on any atom is 0.185 e. The van der Waals surface area contributed by atoms with E-state index in [4.69, 9.17) is 0 Å². The fraction of sp³-hybridized carbons (Fsp3) is 0.438. The summed E-state index contributed by atoms with van der Waals surface area (Å²) in [6.07, 6.45) is 0.312. The van der Waals surface area contributed by atoms with Gasteiger partial charge < -0.3 is 15.3 Å². The minimum atomic E-state index is -0.367. The Hall–Kier alpha value is -1.43. The summed E-state index contributed by atoms with van der Waals surface area (Å²) < 4.78 is 0. The maximum absolute atomic E-state index is 10.1. The van der Waals surface area contributed by atoms with Gasteiger partial charge >= 0.3 is 0 Å². The van der Waals surface area contributed by atoms with Crippen LogP contribution < -0.4 is 10.2 Å². The highest BCUT2D eigenvalue weighted by Crippen LogP contribution is 2.24.